The maximum absolute atomic E-state index is 13.1. The molecule has 3 atom stereocenters. The lowest BCUT2D eigenvalue weighted by molar-refractivity contribution is -0.142. The molecule has 0 unspecified atom stereocenters. The Balaban J connectivity index is 1.54. The monoisotopic (exact) mass is 387 g/mol. The van der Waals surface area contributed by atoms with Crippen LogP contribution in [-0.4, -0.2) is 53.1 Å². The summed E-state index contributed by atoms with van der Waals surface area (Å²) >= 11 is 0. The minimum atomic E-state index is -1.25. The molecule has 8 heteroatoms. The number of nitrogens with one attached hydrogen (secondary N) is 1. The van der Waals surface area contributed by atoms with E-state index in [2.05, 4.69) is 5.32 Å². The molecule has 3 aliphatic heterocycles. The first-order chi connectivity index (χ1) is 13.3. The number of likely N-dealkylation sites (tertiary alicyclic amines) is 1. The Labute approximate surface area is 163 Å². The molecule has 1 N–H and O–H groups in total. The van der Waals surface area contributed by atoms with Gasteiger partial charge >= 0.3 is 6.03 Å². The van der Waals surface area contributed by atoms with Crippen molar-refractivity contribution in [1.82, 2.24) is 15.1 Å². The number of fused-ring (bicyclic) bond motifs is 1. The van der Waals surface area contributed by atoms with E-state index in [1.165, 1.54) is 0 Å². The van der Waals surface area contributed by atoms with Gasteiger partial charge in [-0.15, -0.1) is 0 Å². The van der Waals surface area contributed by atoms with E-state index < -0.39 is 17.5 Å². The van der Waals surface area contributed by atoms with Crippen LogP contribution in [0.5, 0.6) is 11.5 Å². The fourth-order valence-corrected chi connectivity index (χ4v) is 4.37. The molecule has 8 nitrogen and oxygen atoms in total. The summed E-state index contributed by atoms with van der Waals surface area (Å²) in [6.07, 6.45) is 2.95. The smallest absolute Gasteiger partial charge is 0.325 e. The van der Waals surface area contributed by atoms with E-state index in [1.54, 1.807) is 30.0 Å². The van der Waals surface area contributed by atoms with Gasteiger partial charge in [0.1, 0.15) is 12.1 Å². The molecular weight excluding hydrogens is 362 g/mol. The molecule has 2 saturated heterocycles. The second-order valence-electron chi connectivity index (χ2n) is 7.94. The second kappa shape index (κ2) is 6.68. The van der Waals surface area contributed by atoms with E-state index in [4.69, 9.17) is 9.47 Å². The van der Waals surface area contributed by atoms with Crippen LogP contribution in [0.3, 0.4) is 0 Å². The van der Waals surface area contributed by atoms with Gasteiger partial charge in [-0.1, -0.05) is 6.07 Å². The Morgan fingerprint density at radius 1 is 1.18 bits per heavy atom. The van der Waals surface area contributed by atoms with Gasteiger partial charge in [-0.05, 0) is 57.7 Å². The highest BCUT2D eigenvalue weighted by Gasteiger charge is 2.50. The summed E-state index contributed by atoms with van der Waals surface area (Å²) in [7, 11) is 0. The van der Waals surface area contributed by atoms with E-state index in [-0.39, 0.29) is 31.3 Å². The summed E-state index contributed by atoms with van der Waals surface area (Å²) in [5.74, 6) is 0.496. The number of carbonyl (C=O) groups is 3. The van der Waals surface area contributed by atoms with Crippen molar-refractivity contribution >= 4 is 17.8 Å². The number of hydrogen-bond donors (Lipinski definition) is 1. The number of urea groups is 1. The quantitative estimate of drug-likeness (QED) is 0.801. The van der Waals surface area contributed by atoms with Crippen LogP contribution in [0.4, 0.5) is 4.79 Å². The number of ether oxygens (including phenoxy) is 2. The standard InChI is InChI=1S/C20H25N3O5/c1-12-5-4-6-13(2)23(12)17(24)10-22-18(25)20(3,21-19(22)26)14-7-8-15-16(9-14)28-11-27-15/h7-9,12-13H,4-6,10-11H2,1-3H3,(H,21,26)/t12-,13-,20-/m1/s1. The van der Waals surface area contributed by atoms with Gasteiger partial charge < -0.3 is 19.7 Å². The van der Waals surface area contributed by atoms with Gasteiger partial charge in [0.2, 0.25) is 12.7 Å². The topological polar surface area (TPSA) is 88.2 Å². The third-order valence-corrected chi connectivity index (χ3v) is 6.00. The van der Waals surface area contributed by atoms with Crippen molar-refractivity contribution in [3.05, 3.63) is 23.8 Å². The predicted molar refractivity (Wildman–Crippen MR) is 99.8 cm³/mol. The molecule has 3 aliphatic rings. The van der Waals surface area contributed by atoms with E-state index >= 15 is 0 Å². The van der Waals surface area contributed by atoms with Gasteiger partial charge in [0, 0.05) is 12.1 Å². The first-order valence-corrected chi connectivity index (χ1v) is 9.66. The first kappa shape index (κ1) is 18.6. The number of amides is 4. The summed E-state index contributed by atoms with van der Waals surface area (Å²) in [5, 5.41) is 2.74. The Kier molecular flexibility index (Phi) is 4.44. The minimum Gasteiger partial charge on any atom is -0.454 e. The van der Waals surface area contributed by atoms with Gasteiger partial charge in [0.25, 0.3) is 5.91 Å². The Morgan fingerprint density at radius 2 is 1.86 bits per heavy atom. The van der Waals surface area contributed by atoms with E-state index in [0.29, 0.717) is 17.1 Å². The molecule has 0 aromatic heterocycles. The van der Waals surface area contributed by atoms with Crippen molar-refractivity contribution in [2.45, 2.75) is 57.7 Å². The number of carbonyl (C=O) groups excluding carboxylic acids is 3. The number of benzene rings is 1. The SMILES string of the molecule is C[C@@H]1CCC[C@@H](C)N1C(=O)CN1C(=O)N[C@](C)(c2ccc3c(c2)OCO3)C1=O. The molecule has 0 saturated carbocycles. The van der Waals surface area contributed by atoms with Crippen LogP contribution in [0.15, 0.2) is 18.2 Å². The molecule has 0 spiro atoms. The Morgan fingerprint density at radius 3 is 2.57 bits per heavy atom. The third-order valence-electron chi connectivity index (χ3n) is 6.00. The van der Waals surface area contributed by atoms with Gasteiger partial charge in [-0.3, -0.25) is 14.5 Å². The molecule has 1 aromatic carbocycles. The lowest BCUT2D eigenvalue weighted by Crippen LogP contribution is -2.52. The summed E-state index contributed by atoms with van der Waals surface area (Å²) in [6, 6.07) is 4.80. The van der Waals surface area contributed by atoms with Gasteiger partial charge in [-0.25, -0.2) is 4.79 Å². The molecule has 150 valence electrons. The summed E-state index contributed by atoms with van der Waals surface area (Å²) in [6.45, 7) is 5.54. The molecule has 4 amide bonds. The zero-order valence-corrected chi connectivity index (χ0v) is 16.4. The Bertz CT molecular complexity index is 831. The third kappa shape index (κ3) is 2.87. The van der Waals surface area contributed by atoms with E-state index in [9.17, 15) is 14.4 Å². The average molecular weight is 387 g/mol. The van der Waals surface area contributed by atoms with Crippen molar-refractivity contribution in [3.8, 4) is 11.5 Å². The molecule has 0 aliphatic carbocycles. The van der Waals surface area contributed by atoms with Gasteiger partial charge in [0.15, 0.2) is 11.5 Å². The van der Waals surface area contributed by atoms with Crippen LogP contribution in [0, 0.1) is 0 Å². The number of piperidine rings is 1. The highest BCUT2D eigenvalue weighted by atomic mass is 16.7. The van der Waals surface area contributed by atoms with Gasteiger partial charge in [0.05, 0.1) is 0 Å². The van der Waals surface area contributed by atoms with E-state index in [1.807, 2.05) is 13.8 Å². The van der Waals surface area contributed by atoms with Crippen LogP contribution in [0.25, 0.3) is 0 Å². The minimum absolute atomic E-state index is 0.109. The number of nitrogens with zero attached hydrogens (tertiary/aromatic N) is 2. The van der Waals surface area contributed by atoms with Crippen LogP contribution in [0.2, 0.25) is 0 Å². The lowest BCUT2D eigenvalue weighted by Gasteiger charge is -2.39. The van der Waals surface area contributed by atoms with Crippen LogP contribution < -0.4 is 14.8 Å². The van der Waals surface area contributed by atoms with Crippen molar-refractivity contribution in [3.63, 3.8) is 0 Å². The maximum Gasteiger partial charge on any atom is 0.325 e. The van der Waals surface area contributed by atoms with Crippen molar-refractivity contribution < 1.29 is 23.9 Å². The Hall–Kier alpha value is -2.77. The van der Waals surface area contributed by atoms with Gasteiger partial charge in [-0.2, -0.15) is 0 Å². The molecular formula is C20H25N3O5. The molecule has 3 heterocycles. The fourth-order valence-electron chi connectivity index (χ4n) is 4.37. The summed E-state index contributed by atoms with van der Waals surface area (Å²) in [4.78, 5) is 41.4. The maximum atomic E-state index is 13.1. The largest absolute Gasteiger partial charge is 0.454 e. The molecule has 2 fully saturated rings. The normalized spacial score (nSPS) is 29.2. The fraction of sp³-hybridized carbons (Fsp3) is 0.550. The molecule has 0 radical (unpaired) electrons. The first-order valence-electron chi connectivity index (χ1n) is 9.66. The van der Waals surface area contributed by atoms with Crippen LogP contribution in [0.1, 0.15) is 45.6 Å². The zero-order valence-electron chi connectivity index (χ0n) is 16.4. The zero-order chi connectivity index (χ0) is 20.1. The molecule has 1 aromatic rings. The molecule has 4 rings (SSSR count). The second-order valence-corrected chi connectivity index (χ2v) is 7.94. The summed E-state index contributed by atoms with van der Waals surface area (Å²) < 4.78 is 10.7. The van der Waals surface area contributed by atoms with Crippen LogP contribution in [-0.2, 0) is 15.1 Å². The van der Waals surface area contributed by atoms with Crippen molar-refractivity contribution in [1.29, 1.82) is 0 Å². The van der Waals surface area contributed by atoms with Crippen LogP contribution >= 0.6 is 0 Å². The van der Waals surface area contributed by atoms with Crippen molar-refractivity contribution in [2.24, 2.45) is 0 Å². The highest BCUT2D eigenvalue weighted by molar-refractivity contribution is 6.09. The number of imide groups is 1. The summed E-state index contributed by atoms with van der Waals surface area (Å²) in [5.41, 5.74) is -0.665. The molecule has 0 bridgehead atoms. The van der Waals surface area contributed by atoms with Crippen molar-refractivity contribution in [2.75, 3.05) is 13.3 Å². The lowest BCUT2D eigenvalue weighted by atomic mass is 9.91. The predicted octanol–water partition coefficient (Wildman–Crippen LogP) is 1.97. The highest BCUT2D eigenvalue weighted by Crippen LogP contribution is 2.38. The molecule has 28 heavy (non-hydrogen) atoms. The average Bonchev–Trinajstić information content (AvgIpc) is 3.20. The van der Waals surface area contributed by atoms with E-state index in [0.717, 1.165) is 24.2 Å². The number of hydrogen-bond acceptors (Lipinski definition) is 5. The number of rotatable bonds is 3.